The van der Waals surface area contributed by atoms with Gasteiger partial charge in [0, 0.05) is 46.2 Å². The fraction of sp³-hybridized carbons (Fsp3) is 0.342. The molecule has 0 spiro atoms. The first-order valence-electron chi connectivity index (χ1n) is 16.2. The van der Waals surface area contributed by atoms with Crippen LogP contribution in [0, 0.1) is 0 Å². The van der Waals surface area contributed by atoms with Crippen molar-refractivity contribution in [2.45, 2.75) is 63.2 Å². The average Bonchev–Trinajstić information content (AvgIpc) is 3.49. The zero-order chi connectivity index (χ0) is 31.7. The smallest absolute Gasteiger partial charge is 0.0921 e. The monoisotopic (exact) mass is 686 g/mol. The summed E-state index contributed by atoms with van der Waals surface area (Å²) in [5.74, 6) is 3.91. The molecule has 238 valence electrons. The van der Waals surface area contributed by atoms with E-state index in [9.17, 15) is 0 Å². The number of thioether (sulfide) groups is 1. The van der Waals surface area contributed by atoms with E-state index >= 15 is 0 Å². The molecule has 0 radical (unpaired) electrons. The summed E-state index contributed by atoms with van der Waals surface area (Å²) in [5, 5.41) is 1.65. The first kappa shape index (κ1) is 33.1. The molecule has 3 heterocycles. The van der Waals surface area contributed by atoms with Gasteiger partial charge in [-0.05, 0) is 138 Å². The van der Waals surface area contributed by atoms with Gasteiger partial charge in [0.05, 0.1) is 17.7 Å². The van der Waals surface area contributed by atoms with Gasteiger partial charge in [-0.1, -0.05) is 47.5 Å². The Balaban J connectivity index is 0.000000172. The second-order valence-electron chi connectivity index (χ2n) is 12.0. The van der Waals surface area contributed by atoms with Gasteiger partial charge >= 0.3 is 0 Å². The molecule has 3 aromatic heterocycles. The number of thiol groups is 1. The third kappa shape index (κ3) is 8.20. The minimum atomic E-state index is 0.350. The maximum atomic E-state index is 6.27. The van der Waals surface area contributed by atoms with Gasteiger partial charge in [0.1, 0.15) is 0 Å². The highest BCUT2D eigenvalue weighted by atomic mass is 35.5. The molecule has 4 nitrogen and oxygen atoms in total. The normalized spacial score (nSPS) is 16.5. The quantitative estimate of drug-likeness (QED) is 0.120. The minimum absolute atomic E-state index is 0.350. The average molecular weight is 688 g/mol. The Hall–Kier alpha value is -2.77. The predicted octanol–water partition coefficient (Wildman–Crippen LogP) is 9.73. The van der Waals surface area contributed by atoms with Gasteiger partial charge in [-0.15, -0.1) is 0 Å². The number of aryl methyl sites for hydroxylation is 5. The number of halogens is 2. The first-order valence-corrected chi connectivity index (χ1v) is 18.7. The van der Waals surface area contributed by atoms with Crippen molar-refractivity contribution < 1.29 is 0 Å². The summed E-state index contributed by atoms with van der Waals surface area (Å²) in [7, 11) is 0. The number of aromatic nitrogens is 4. The molecule has 0 bridgehead atoms. The van der Waals surface area contributed by atoms with Crippen LogP contribution in [0.25, 0.3) is 0 Å². The van der Waals surface area contributed by atoms with Gasteiger partial charge in [-0.25, -0.2) is 4.98 Å². The summed E-state index contributed by atoms with van der Waals surface area (Å²) in [6.45, 7) is 0. The van der Waals surface area contributed by atoms with Gasteiger partial charge in [0.2, 0.25) is 0 Å². The van der Waals surface area contributed by atoms with E-state index in [1.807, 2.05) is 48.6 Å². The fourth-order valence-corrected chi connectivity index (χ4v) is 8.45. The number of fused-ring (bicyclic) bond motifs is 4. The van der Waals surface area contributed by atoms with Crippen molar-refractivity contribution in [3.8, 4) is 0 Å². The molecule has 7 rings (SSSR count). The molecule has 2 unspecified atom stereocenters. The van der Waals surface area contributed by atoms with E-state index in [0.717, 1.165) is 66.5 Å². The van der Waals surface area contributed by atoms with Crippen LogP contribution in [0.2, 0.25) is 10.0 Å². The number of nitrogens with zero attached hydrogens (tertiary/aromatic N) is 3. The van der Waals surface area contributed by atoms with Crippen LogP contribution < -0.4 is 0 Å². The Bertz CT molecular complexity index is 1730. The van der Waals surface area contributed by atoms with Crippen LogP contribution in [-0.2, 0) is 32.1 Å². The number of imidazole rings is 1. The van der Waals surface area contributed by atoms with Crippen LogP contribution >= 0.6 is 47.6 Å². The number of hydrogen-bond donors (Lipinski definition) is 2. The Morgan fingerprint density at radius 3 is 1.89 bits per heavy atom. The van der Waals surface area contributed by atoms with E-state index in [1.54, 1.807) is 6.33 Å². The molecule has 0 aliphatic heterocycles. The standard InChI is InChI=1S/C22H24ClN3S.C16H16ClNS/c23-18-7-8-20-17(13-18)6-5-16-3-1-10-25-22(16)21(20)9-12-27-11-2-4-19-14-24-15-26-19;17-13-5-6-14-12(10-13)4-3-11-2-1-8-18-16(11)15(14)7-9-19/h1,3,7-8,10,13-15,21H,2,4-6,9,11-12H2,(H,24,26);1-2,5-6,8,10,15,19H,3-4,7,9H2. The lowest BCUT2D eigenvalue weighted by Crippen LogP contribution is -2.07. The third-order valence-corrected chi connectivity index (χ3v) is 10.9. The number of benzene rings is 2. The third-order valence-electron chi connectivity index (χ3n) is 9.06. The molecule has 2 aromatic carbocycles. The minimum Gasteiger partial charge on any atom is -0.348 e. The summed E-state index contributed by atoms with van der Waals surface area (Å²) >= 11 is 18.9. The van der Waals surface area contributed by atoms with E-state index in [1.165, 1.54) is 62.6 Å². The molecule has 2 atom stereocenters. The zero-order valence-corrected chi connectivity index (χ0v) is 29.2. The SMILES string of the molecule is Clc1ccc2c(c1)CCc1cccnc1C2CCSCCCc1cnc[nH]1.SCCC1c2ccc(Cl)cc2CCc2cccnc21. The van der Waals surface area contributed by atoms with E-state index in [-0.39, 0.29) is 0 Å². The molecule has 1 N–H and O–H groups in total. The molecule has 0 amide bonds. The van der Waals surface area contributed by atoms with Crippen LogP contribution in [-0.4, -0.2) is 37.2 Å². The largest absolute Gasteiger partial charge is 0.348 e. The van der Waals surface area contributed by atoms with Crippen LogP contribution in [0.4, 0.5) is 0 Å². The first-order chi connectivity index (χ1) is 22.6. The molecule has 8 heteroatoms. The zero-order valence-electron chi connectivity index (χ0n) is 26.0. The lowest BCUT2D eigenvalue weighted by Gasteiger charge is -2.19. The maximum absolute atomic E-state index is 6.27. The topological polar surface area (TPSA) is 54.5 Å². The van der Waals surface area contributed by atoms with Crippen molar-refractivity contribution in [3.05, 3.63) is 146 Å². The Morgan fingerprint density at radius 1 is 0.739 bits per heavy atom. The van der Waals surface area contributed by atoms with Crippen molar-refractivity contribution in [1.82, 2.24) is 19.9 Å². The highest BCUT2D eigenvalue weighted by Gasteiger charge is 2.25. The van der Waals surface area contributed by atoms with E-state index in [2.05, 4.69) is 70.0 Å². The molecule has 2 aliphatic rings. The summed E-state index contributed by atoms with van der Waals surface area (Å²) in [5.41, 5.74) is 12.0. The number of nitrogens with one attached hydrogen (secondary N) is 1. The van der Waals surface area contributed by atoms with Gasteiger partial charge < -0.3 is 4.98 Å². The second kappa shape index (κ2) is 16.4. The summed E-state index contributed by atoms with van der Waals surface area (Å²) in [6.07, 6.45) is 16.1. The Kier molecular flexibility index (Phi) is 11.8. The molecule has 46 heavy (non-hydrogen) atoms. The van der Waals surface area contributed by atoms with Crippen LogP contribution in [0.1, 0.15) is 81.6 Å². The number of H-pyrrole nitrogens is 1. The van der Waals surface area contributed by atoms with Crippen molar-refractivity contribution in [2.75, 3.05) is 17.3 Å². The van der Waals surface area contributed by atoms with E-state index < -0.39 is 0 Å². The van der Waals surface area contributed by atoms with Crippen LogP contribution in [0.5, 0.6) is 0 Å². The molecular weight excluding hydrogens is 647 g/mol. The summed E-state index contributed by atoms with van der Waals surface area (Å²) in [6, 6.07) is 21.2. The molecule has 0 saturated heterocycles. The lowest BCUT2D eigenvalue weighted by molar-refractivity contribution is 0.750. The molecular formula is C38H40Cl2N4S2. The highest BCUT2D eigenvalue weighted by molar-refractivity contribution is 7.99. The van der Waals surface area contributed by atoms with E-state index in [0.29, 0.717) is 11.8 Å². The maximum Gasteiger partial charge on any atom is 0.0921 e. The van der Waals surface area contributed by atoms with Crippen molar-refractivity contribution >= 4 is 47.6 Å². The second-order valence-corrected chi connectivity index (χ2v) is 14.5. The Labute approximate surface area is 292 Å². The number of rotatable bonds is 9. The van der Waals surface area contributed by atoms with Gasteiger partial charge in [0.25, 0.3) is 0 Å². The summed E-state index contributed by atoms with van der Waals surface area (Å²) in [4.78, 5) is 16.7. The molecule has 2 aliphatic carbocycles. The van der Waals surface area contributed by atoms with Gasteiger partial charge in [0.15, 0.2) is 0 Å². The fourth-order valence-electron chi connectivity index (χ4n) is 6.85. The van der Waals surface area contributed by atoms with Crippen molar-refractivity contribution in [1.29, 1.82) is 0 Å². The van der Waals surface area contributed by atoms with Gasteiger partial charge in [-0.2, -0.15) is 24.4 Å². The number of pyridine rings is 2. The molecule has 0 saturated carbocycles. The van der Waals surface area contributed by atoms with Crippen LogP contribution in [0.3, 0.4) is 0 Å². The Morgan fingerprint density at radius 2 is 1.33 bits per heavy atom. The summed E-state index contributed by atoms with van der Waals surface area (Å²) < 4.78 is 0. The number of hydrogen-bond acceptors (Lipinski definition) is 5. The lowest BCUT2D eigenvalue weighted by atomic mass is 9.89. The van der Waals surface area contributed by atoms with Crippen molar-refractivity contribution in [3.63, 3.8) is 0 Å². The van der Waals surface area contributed by atoms with Crippen LogP contribution in [0.15, 0.2) is 85.6 Å². The number of aromatic amines is 1. The highest BCUT2D eigenvalue weighted by Crippen LogP contribution is 2.38. The molecule has 5 aromatic rings. The van der Waals surface area contributed by atoms with Gasteiger partial charge in [-0.3, -0.25) is 9.97 Å². The predicted molar refractivity (Wildman–Crippen MR) is 197 cm³/mol. The van der Waals surface area contributed by atoms with E-state index in [4.69, 9.17) is 28.2 Å². The van der Waals surface area contributed by atoms with Crippen molar-refractivity contribution in [2.24, 2.45) is 0 Å². The molecule has 0 fully saturated rings.